The number of carbonyl (C=O) groups excluding carboxylic acids is 3. The Hall–Kier alpha value is -3.93. The number of rotatable bonds is 51. The molecule has 1 unspecified atom stereocenters. The zero-order chi connectivity index (χ0) is 50.7. The largest absolute Gasteiger partial charge is 0.462 e. The average Bonchev–Trinajstić information content (AvgIpc) is 3.36. The van der Waals surface area contributed by atoms with E-state index in [4.69, 9.17) is 14.2 Å². The van der Waals surface area contributed by atoms with E-state index in [1.54, 1.807) is 0 Å². The predicted octanol–water partition coefficient (Wildman–Crippen LogP) is 19.5. The van der Waals surface area contributed by atoms with Gasteiger partial charge in [-0.2, -0.15) is 0 Å². The van der Waals surface area contributed by atoms with Crippen LogP contribution in [0.1, 0.15) is 258 Å². The van der Waals surface area contributed by atoms with Crippen LogP contribution in [0.4, 0.5) is 0 Å². The van der Waals surface area contributed by atoms with Gasteiger partial charge in [0.05, 0.1) is 0 Å². The highest BCUT2D eigenvalue weighted by Gasteiger charge is 2.19. The summed E-state index contributed by atoms with van der Waals surface area (Å²) >= 11 is 0. The van der Waals surface area contributed by atoms with E-state index in [1.807, 2.05) is 0 Å². The highest BCUT2D eigenvalue weighted by atomic mass is 16.6. The Morgan fingerprint density at radius 1 is 0.300 bits per heavy atom. The third-order valence-corrected chi connectivity index (χ3v) is 12.0. The van der Waals surface area contributed by atoms with Gasteiger partial charge in [-0.25, -0.2) is 0 Å². The minimum Gasteiger partial charge on any atom is -0.462 e. The monoisotopic (exact) mass is 971 g/mol. The molecular weight excluding hydrogens is 865 g/mol. The van der Waals surface area contributed by atoms with Gasteiger partial charge >= 0.3 is 17.9 Å². The third-order valence-electron chi connectivity index (χ3n) is 12.0. The van der Waals surface area contributed by atoms with Crippen LogP contribution in [0.3, 0.4) is 0 Å². The van der Waals surface area contributed by atoms with E-state index >= 15 is 0 Å². The fraction of sp³-hybridized carbons (Fsp3) is 0.672. The summed E-state index contributed by atoms with van der Waals surface area (Å²) in [5, 5.41) is 0. The van der Waals surface area contributed by atoms with Crippen LogP contribution < -0.4 is 0 Å². The zero-order valence-electron chi connectivity index (χ0n) is 45.5. The van der Waals surface area contributed by atoms with Crippen LogP contribution >= 0.6 is 0 Å². The lowest BCUT2D eigenvalue weighted by Gasteiger charge is -2.18. The quantitative estimate of drug-likeness (QED) is 0.0262. The normalized spacial score (nSPS) is 12.9. The molecule has 0 aliphatic rings. The van der Waals surface area contributed by atoms with E-state index < -0.39 is 6.10 Å². The van der Waals surface area contributed by atoms with Crippen LogP contribution in [0.5, 0.6) is 0 Å². The van der Waals surface area contributed by atoms with E-state index in [2.05, 4.69) is 130 Å². The maximum atomic E-state index is 12.8. The molecule has 0 bridgehead atoms. The van der Waals surface area contributed by atoms with Crippen LogP contribution in [0, 0.1) is 0 Å². The van der Waals surface area contributed by atoms with E-state index in [1.165, 1.54) is 89.9 Å². The van der Waals surface area contributed by atoms with Crippen molar-refractivity contribution in [2.45, 2.75) is 264 Å². The molecule has 0 N–H and O–H groups in total. The van der Waals surface area contributed by atoms with E-state index in [9.17, 15) is 14.4 Å². The number of ether oxygens (including phenoxy) is 3. The molecule has 0 spiro atoms. The molecule has 0 aromatic carbocycles. The second-order valence-corrected chi connectivity index (χ2v) is 18.8. The Morgan fingerprint density at radius 2 is 0.571 bits per heavy atom. The Kier molecular flexibility index (Phi) is 54.4. The van der Waals surface area contributed by atoms with Crippen molar-refractivity contribution in [1.29, 1.82) is 0 Å². The summed E-state index contributed by atoms with van der Waals surface area (Å²) in [6.07, 6.45) is 78.0. The Bertz CT molecular complexity index is 1440. The van der Waals surface area contributed by atoms with E-state index in [-0.39, 0.29) is 31.1 Å². The van der Waals surface area contributed by atoms with Crippen LogP contribution in [0.25, 0.3) is 0 Å². The number of esters is 3. The summed E-state index contributed by atoms with van der Waals surface area (Å²) in [7, 11) is 0. The highest BCUT2D eigenvalue weighted by Crippen LogP contribution is 2.14. The summed E-state index contributed by atoms with van der Waals surface area (Å²) in [6.45, 7) is 6.43. The van der Waals surface area contributed by atoms with Crippen molar-refractivity contribution < 1.29 is 28.6 Å². The van der Waals surface area contributed by atoms with Gasteiger partial charge in [0.15, 0.2) is 6.10 Å². The first-order chi connectivity index (χ1) is 34.5. The van der Waals surface area contributed by atoms with Crippen LogP contribution in [0.2, 0.25) is 0 Å². The fourth-order valence-electron chi connectivity index (χ4n) is 7.63. The molecule has 6 heteroatoms. The number of hydrogen-bond donors (Lipinski definition) is 0. The van der Waals surface area contributed by atoms with Crippen LogP contribution in [-0.4, -0.2) is 37.2 Å². The number of allylic oxidation sites excluding steroid dienone is 18. The molecule has 0 aliphatic carbocycles. The van der Waals surface area contributed by atoms with Crippen LogP contribution in [-0.2, 0) is 28.6 Å². The Morgan fingerprint density at radius 3 is 0.929 bits per heavy atom. The maximum absolute atomic E-state index is 12.8. The molecule has 0 heterocycles. The molecular formula is C64H106O6. The molecule has 0 amide bonds. The van der Waals surface area contributed by atoms with Crippen LogP contribution in [0.15, 0.2) is 109 Å². The molecule has 70 heavy (non-hydrogen) atoms. The van der Waals surface area contributed by atoms with Gasteiger partial charge in [-0.3, -0.25) is 14.4 Å². The lowest BCUT2D eigenvalue weighted by Crippen LogP contribution is -2.30. The van der Waals surface area contributed by atoms with E-state index in [0.717, 1.165) is 128 Å². The molecule has 0 saturated carbocycles. The van der Waals surface area contributed by atoms with Gasteiger partial charge in [-0.15, -0.1) is 0 Å². The SMILES string of the molecule is CC/C=C\C/C=C\C/C=C\C/C=C\C/C=C\C/C=C\C/C=C\CCCCCCCCCC(=O)OCC(COC(=O)CCCCCCC/C=C\CCCC)OC(=O)CCCCCCC/C=C\CCCCC. The first kappa shape index (κ1) is 66.1. The van der Waals surface area contributed by atoms with Crippen molar-refractivity contribution in [3.63, 3.8) is 0 Å². The Labute approximate surface area is 431 Å². The van der Waals surface area contributed by atoms with Crippen molar-refractivity contribution in [3.05, 3.63) is 109 Å². The molecule has 0 aromatic heterocycles. The van der Waals surface area contributed by atoms with Gasteiger partial charge in [0.2, 0.25) is 0 Å². The van der Waals surface area contributed by atoms with Crippen molar-refractivity contribution in [2.75, 3.05) is 13.2 Å². The first-order valence-electron chi connectivity index (χ1n) is 28.9. The number of hydrogen-bond acceptors (Lipinski definition) is 6. The molecule has 0 rings (SSSR count). The molecule has 398 valence electrons. The Balaban J connectivity index is 4.26. The fourth-order valence-corrected chi connectivity index (χ4v) is 7.63. The summed E-state index contributed by atoms with van der Waals surface area (Å²) in [4.78, 5) is 38.0. The van der Waals surface area contributed by atoms with Gasteiger partial charge in [-0.1, -0.05) is 226 Å². The second kappa shape index (κ2) is 57.6. The predicted molar refractivity (Wildman–Crippen MR) is 302 cm³/mol. The summed E-state index contributed by atoms with van der Waals surface area (Å²) < 4.78 is 16.8. The smallest absolute Gasteiger partial charge is 0.306 e. The highest BCUT2D eigenvalue weighted by molar-refractivity contribution is 5.71. The lowest BCUT2D eigenvalue weighted by atomic mass is 10.1. The molecule has 0 radical (unpaired) electrons. The average molecular weight is 972 g/mol. The van der Waals surface area contributed by atoms with Crippen molar-refractivity contribution in [3.8, 4) is 0 Å². The van der Waals surface area contributed by atoms with Crippen molar-refractivity contribution in [1.82, 2.24) is 0 Å². The maximum Gasteiger partial charge on any atom is 0.306 e. The number of carbonyl (C=O) groups is 3. The van der Waals surface area contributed by atoms with Crippen molar-refractivity contribution >= 4 is 17.9 Å². The minimum absolute atomic E-state index is 0.0898. The summed E-state index contributed by atoms with van der Waals surface area (Å²) in [5.41, 5.74) is 0. The second-order valence-electron chi connectivity index (χ2n) is 18.8. The van der Waals surface area contributed by atoms with Gasteiger partial charge < -0.3 is 14.2 Å². The zero-order valence-corrected chi connectivity index (χ0v) is 45.5. The molecule has 0 fully saturated rings. The topological polar surface area (TPSA) is 78.9 Å². The summed E-state index contributed by atoms with van der Waals surface area (Å²) in [5.74, 6) is -0.921. The molecule has 0 aliphatic heterocycles. The molecule has 1 atom stereocenters. The lowest BCUT2D eigenvalue weighted by molar-refractivity contribution is -0.167. The molecule has 0 saturated heterocycles. The van der Waals surface area contributed by atoms with Crippen molar-refractivity contribution in [2.24, 2.45) is 0 Å². The number of unbranched alkanes of at least 4 members (excludes halogenated alkanes) is 22. The van der Waals surface area contributed by atoms with Gasteiger partial charge in [0, 0.05) is 19.3 Å². The van der Waals surface area contributed by atoms with E-state index in [0.29, 0.717) is 19.3 Å². The minimum atomic E-state index is -0.790. The third kappa shape index (κ3) is 55.0. The van der Waals surface area contributed by atoms with Gasteiger partial charge in [-0.05, 0) is 122 Å². The van der Waals surface area contributed by atoms with Gasteiger partial charge in [0.1, 0.15) is 13.2 Å². The summed E-state index contributed by atoms with van der Waals surface area (Å²) in [6, 6.07) is 0. The first-order valence-corrected chi connectivity index (χ1v) is 28.9. The standard InChI is InChI=1S/C64H106O6/c1-4-7-10-13-16-19-22-24-25-26-27-28-29-30-31-32-33-34-35-36-37-38-39-40-43-45-48-51-54-57-63(66)69-60-61(59-68-62(65)56-53-50-47-44-41-21-18-15-12-9-6-3)70-64(67)58-55-52-49-46-42-23-20-17-14-11-8-5-2/h7,10,15-20,24-25,27-28,30-31,33-34,36-37,61H,4-6,8-9,11-14,21-23,26,29,32,35,38-60H2,1-3H3/b10-7-,18-15-,19-16-,20-17-,25-24-,28-27-,31-30-,34-33-,37-36-. The molecule has 6 nitrogen and oxygen atoms in total. The molecule has 0 aromatic rings. The van der Waals surface area contributed by atoms with Gasteiger partial charge in [0.25, 0.3) is 0 Å².